The van der Waals surface area contributed by atoms with E-state index in [2.05, 4.69) is 0 Å². The fourth-order valence-corrected chi connectivity index (χ4v) is 5.16. The molecular formula is C12H18N2O4S2. The summed E-state index contributed by atoms with van der Waals surface area (Å²) in [6.45, 7) is 4.54. The molecule has 6 nitrogen and oxygen atoms in total. The summed E-state index contributed by atoms with van der Waals surface area (Å²) in [6, 6.07) is 1.17. The summed E-state index contributed by atoms with van der Waals surface area (Å²) in [5, 5.41) is 9.11. The number of carboxylic acid groups (broad SMARTS) is 1. The summed E-state index contributed by atoms with van der Waals surface area (Å²) in [7, 11) is -3.62. The summed E-state index contributed by atoms with van der Waals surface area (Å²) >= 11 is 1.73. The van der Waals surface area contributed by atoms with Crippen molar-refractivity contribution in [3.05, 3.63) is 18.0 Å². The maximum atomic E-state index is 12.6. The Bertz CT molecular complexity index is 609. The van der Waals surface area contributed by atoms with E-state index < -0.39 is 16.0 Å². The van der Waals surface area contributed by atoms with Crippen LogP contribution >= 0.6 is 11.8 Å². The van der Waals surface area contributed by atoms with E-state index in [1.54, 1.807) is 18.7 Å². The minimum absolute atomic E-state index is 0.00473. The molecule has 0 bridgehead atoms. The molecule has 2 heterocycles. The van der Waals surface area contributed by atoms with E-state index in [0.717, 1.165) is 11.5 Å². The van der Waals surface area contributed by atoms with Crippen LogP contribution in [0.4, 0.5) is 0 Å². The van der Waals surface area contributed by atoms with Gasteiger partial charge in [0.1, 0.15) is 10.6 Å². The first-order valence-electron chi connectivity index (χ1n) is 6.41. The second-order valence-corrected chi connectivity index (χ2v) is 7.73. The highest BCUT2D eigenvalue weighted by Gasteiger charge is 2.32. The third kappa shape index (κ3) is 2.72. The van der Waals surface area contributed by atoms with E-state index in [-0.39, 0.29) is 16.6 Å². The summed E-state index contributed by atoms with van der Waals surface area (Å²) in [5.74, 6) is 0.416. The van der Waals surface area contributed by atoms with E-state index in [9.17, 15) is 13.2 Å². The van der Waals surface area contributed by atoms with Gasteiger partial charge in [-0.1, -0.05) is 0 Å². The van der Waals surface area contributed by atoms with Crippen LogP contribution in [0.25, 0.3) is 0 Å². The van der Waals surface area contributed by atoms with Crippen molar-refractivity contribution in [2.75, 3.05) is 18.1 Å². The molecule has 0 spiro atoms. The van der Waals surface area contributed by atoms with Gasteiger partial charge in [0.2, 0.25) is 10.0 Å². The fraction of sp³-hybridized carbons (Fsp3) is 0.583. The van der Waals surface area contributed by atoms with Crippen LogP contribution in [-0.2, 0) is 16.6 Å². The summed E-state index contributed by atoms with van der Waals surface area (Å²) in [6.07, 6.45) is 1.41. The zero-order valence-electron chi connectivity index (χ0n) is 11.4. The van der Waals surface area contributed by atoms with E-state index in [4.69, 9.17) is 5.11 Å². The maximum Gasteiger partial charge on any atom is 0.352 e. The fourth-order valence-electron chi connectivity index (χ4n) is 2.27. The minimum atomic E-state index is -3.62. The lowest BCUT2D eigenvalue weighted by atomic mass is 10.4. The molecule has 1 aromatic heterocycles. The molecule has 0 aromatic carbocycles. The van der Waals surface area contributed by atoms with Crippen LogP contribution in [-0.4, -0.2) is 52.5 Å². The third-order valence-electron chi connectivity index (χ3n) is 3.34. The lowest BCUT2D eigenvalue weighted by molar-refractivity contribution is 0.0685. The Morgan fingerprint density at radius 3 is 2.75 bits per heavy atom. The van der Waals surface area contributed by atoms with Crippen molar-refractivity contribution in [2.24, 2.45) is 0 Å². The van der Waals surface area contributed by atoms with Crippen molar-refractivity contribution >= 4 is 27.8 Å². The lowest BCUT2D eigenvalue weighted by Gasteiger charge is -2.31. The molecule has 0 amide bonds. The van der Waals surface area contributed by atoms with Crippen molar-refractivity contribution in [1.82, 2.24) is 8.87 Å². The number of aryl methyl sites for hydroxylation is 1. The highest BCUT2D eigenvalue weighted by molar-refractivity contribution is 7.99. The first-order chi connectivity index (χ1) is 9.37. The number of aromatic carboxylic acids is 1. The van der Waals surface area contributed by atoms with Crippen LogP contribution < -0.4 is 0 Å². The molecule has 0 aliphatic carbocycles. The van der Waals surface area contributed by atoms with Gasteiger partial charge in [0.15, 0.2) is 0 Å². The number of nitrogens with zero attached hydrogens (tertiary/aromatic N) is 2. The van der Waals surface area contributed by atoms with Gasteiger partial charge in [-0.25, -0.2) is 13.2 Å². The molecule has 1 aliphatic rings. The number of rotatable bonds is 4. The average molecular weight is 318 g/mol. The predicted molar refractivity (Wildman–Crippen MR) is 77.7 cm³/mol. The van der Waals surface area contributed by atoms with E-state index >= 15 is 0 Å². The molecule has 0 saturated carbocycles. The Morgan fingerprint density at radius 1 is 1.55 bits per heavy atom. The highest BCUT2D eigenvalue weighted by Crippen LogP contribution is 2.25. The number of thioether (sulfide) groups is 1. The highest BCUT2D eigenvalue weighted by atomic mass is 32.2. The SMILES string of the molecule is CCn1cc(S(=O)(=O)N2CCSCC2C)cc1C(=O)O. The van der Waals surface area contributed by atoms with Crippen LogP contribution in [0.2, 0.25) is 0 Å². The molecule has 20 heavy (non-hydrogen) atoms. The third-order valence-corrected chi connectivity index (χ3v) is 6.51. The largest absolute Gasteiger partial charge is 0.477 e. The second kappa shape index (κ2) is 5.79. The average Bonchev–Trinajstić information content (AvgIpc) is 2.84. The first-order valence-corrected chi connectivity index (χ1v) is 9.00. The summed E-state index contributed by atoms with van der Waals surface area (Å²) < 4.78 is 28.1. The van der Waals surface area contributed by atoms with Gasteiger partial charge in [-0.15, -0.1) is 0 Å². The number of sulfonamides is 1. The molecule has 1 N–H and O–H groups in total. The van der Waals surface area contributed by atoms with Crippen molar-refractivity contribution < 1.29 is 18.3 Å². The minimum Gasteiger partial charge on any atom is -0.477 e. The van der Waals surface area contributed by atoms with Crippen molar-refractivity contribution in [3.63, 3.8) is 0 Å². The Morgan fingerprint density at radius 2 is 2.25 bits per heavy atom. The zero-order valence-corrected chi connectivity index (χ0v) is 13.1. The Hall–Kier alpha value is -0.990. The van der Waals surface area contributed by atoms with E-state index in [1.807, 2.05) is 6.92 Å². The van der Waals surface area contributed by atoms with Gasteiger partial charge < -0.3 is 9.67 Å². The van der Waals surface area contributed by atoms with Crippen molar-refractivity contribution in [1.29, 1.82) is 0 Å². The van der Waals surface area contributed by atoms with Gasteiger partial charge >= 0.3 is 5.97 Å². The molecule has 0 radical (unpaired) electrons. The molecule has 1 atom stereocenters. The molecule has 1 unspecified atom stereocenters. The molecule has 1 saturated heterocycles. The number of hydrogen-bond donors (Lipinski definition) is 1. The smallest absolute Gasteiger partial charge is 0.352 e. The van der Waals surface area contributed by atoms with E-state index in [0.29, 0.717) is 13.1 Å². The quantitative estimate of drug-likeness (QED) is 0.906. The van der Waals surface area contributed by atoms with Crippen LogP contribution in [0.5, 0.6) is 0 Å². The molecular weight excluding hydrogens is 300 g/mol. The van der Waals surface area contributed by atoms with Gasteiger partial charge in [-0.05, 0) is 19.9 Å². The van der Waals surface area contributed by atoms with Gasteiger partial charge in [0.25, 0.3) is 0 Å². The lowest BCUT2D eigenvalue weighted by Crippen LogP contribution is -2.44. The zero-order chi connectivity index (χ0) is 14.9. The van der Waals surface area contributed by atoms with Crippen LogP contribution in [0.1, 0.15) is 24.3 Å². The van der Waals surface area contributed by atoms with Gasteiger partial charge in [0, 0.05) is 36.8 Å². The normalized spacial score (nSPS) is 21.0. The first kappa shape index (κ1) is 15.4. The molecule has 1 fully saturated rings. The number of hydrogen-bond acceptors (Lipinski definition) is 4. The molecule has 112 valence electrons. The van der Waals surface area contributed by atoms with Crippen molar-refractivity contribution in [2.45, 2.75) is 31.3 Å². The van der Waals surface area contributed by atoms with E-state index in [1.165, 1.54) is 21.1 Å². The van der Waals surface area contributed by atoms with Gasteiger partial charge in [0.05, 0.1) is 0 Å². The molecule has 1 aromatic rings. The van der Waals surface area contributed by atoms with Crippen LogP contribution in [0.3, 0.4) is 0 Å². The number of carboxylic acids is 1. The molecule has 2 rings (SSSR count). The number of carbonyl (C=O) groups is 1. The Labute approximate surface area is 122 Å². The molecule has 1 aliphatic heterocycles. The molecule has 8 heteroatoms. The van der Waals surface area contributed by atoms with Crippen molar-refractivity contribution in [3.8, 4) is 0 Å². The Kier molecular flexibility index (Phi) is 4.46. The standard InChI is InChI=1S/C12H18N2O4S2/c1-3-13-7-10(6-11(13)12(15)16)20(17,18)14-4-5-19-8-9(14)2/h6-7,9H,3-5,8H2,1-2H3,(H,15,16). The van der Waals surface area contributed by atoms with Crippen LogP contribution in [0.15, 0.2) is 17.2 Å². The predicted octanol–water partition coefficient (Wildman–Crippen LogP) is 1.33. The maximum absolute atomic E-state index is 12.6. The summed E-state index contributed by atoms with van der Waals surface area (Å²) in [4.78, 5) is 11.2. The van der Waals surface area contributed by atoms with Gasteiger partial charge in [-0.2, -0.15) is 16.1 Å². The Balaban J connectivity index is 2.41. The number of aromatic nitrogens is 1. The van der Waals surface area contributed by atoms with Crippen LogP contribution in [0, 0.1) is 0 Å². The second-order valence-electron chi connectivity index (χ2n) is 4.69. The summed E-state index contributed by atoms with van der Waals surface area (Å²) in [5.41, 5.74) is 0.00473. The van der Waals surface area contributed by atoms with Gasteiger partial charge in [-0.3, -0.25) is 0 Å². The topological polar surface area (TPSA) is 79.6 Å². The monoisotopic (exact) mass is 318 g/mol.